The third kappa shape index (κ3) is 4.72. The molecule has 1 aliphatic carbocycles. The number of hydrogen-bond donors (Lipinski definition) is 4. The Kier molecular flexibility index (Phi) is 5.94. The maximum atomic E-state index is 13.2. The van der Waals surface area contributed by atoms with Crippen molar-refractivity contribution in [3.8, 4) is 0 Å². The standard InChI is InChI=1S/C22H21N5O3S/c23-22(30)26-15-9-7-14(8-10-15)25-20(29)18-16-5-1-2-6-17(16)31-21(18)27-19(28)13-4-3-11-24-12-13/h3-4,7-12H,1-2,5-6H2,(H,25,29)(H,27,28)(H3,23,26,30). The molecular formula is C22H21N5O3S. The Hall–Kier alpha value is -3.72. The van der Waals surface area contributed by atoms with Crippen LogP contribution in [-0.2, 0) is 12.8 Å². The second-order valence-corrected chi connectivity index (χ2v) is 8.24. The molecule has 4 rings (SSSR count). The minimum Gasteiger partial charge on any atom is -0.351 e. The van der Waals surface area contributed by atoms with Crippen molar-refractivity contribution in [1.29, 1.82) is 0 Å². The van der Waals surface area contributed by atoms with Crippen LogP contribution in [0.1, 0.15) is 44.0 Å². The third-order valence-corrected chi connectivity index (χ3v) is 6.17. The van der Waals surface area contributed by atoms with Gasteiger partial charge < -0.3 is 21.7 Å². The summed E-state index contributed by atoms with van der Waals surface area (Å²) < 4.78 is 0. The number of anilines is 3. The first kappa shape index (κ1) is 20.5. The average molecular weight is 436 g/mol. The van der Waals surface area contributed by atoms with Gasteiger partial charge >= 0.3 is 6.03 Å². The molecule has 0 atom stereocenters. The molecule has 0 spiro atoms. The summed E-state index contributed by atoms with van der Waals surface area (Å²) in [5.74, 6) is -0.584. The molecule has 2 heterocycles. The van der Waals surface area contributed by atoms with Crippen LogP contribution < -0.4 is 21.7 Å². The summed E-state index contributed by atoms with van der Waals surface area (Å²) in [6.07, 6.45) is 6.87. The largest absolute Gasteiger partial charge is 0.351 e. The van der Waals surface area contributed by atoms with E-state index in [4.69, 9.17) is 5.73 Å². The lowest BCUT2D eigenvalue weighted by molar-refractivity contribution is 0.102. The number of rotatable bonds is 5. The Bertz CT molecular complexity index is 1130. The molecule has 31 heavy (non-hydrogen) atoms. The van der Waals surface area contributed by atoms with Crippen LogP contribution in [0.4, 0.5) is 21.2 Å². The van der Waals surface area contributed by atoms with Crippen LogP contribution in [0.5, 0.6) is 0 Å². The Labute approximate surface area is 182 Å². The SMILES string of the molecule is NC(=O)Nc1ccc(NC(=O)c2c(NC(=O)c3cccnc3)sc3c2CCCC3)cc1. The number of nitrogens with zero attached hydrogens (tertiary/aromatic N) is 1. The summed E-state index contributed by atoms with van der Waals surface area (Å²) >= 11 is 1.46. The molecule has 0 saturated carbocycles. The lowest BCUT2D eigenvalue weighted by Crippen LogP contribution is -2.19. The highest BCUT2D eigenvalue weighted by Crippen LogP contribution is 2.38. The first-order valence-corrected chi connectivity index (χ1v) is 10.7. The molecule has 0 saturated heterocycles. The average Bonchev–Trinajstić information content (AvgIpc) is 3.13. The van der Waals surface area contributed by atoms with Crippen molar-refractivity contribution in [2.75, 3.05) is 16.0 Å². The molecular weight excluding hydrogens is 414 g/mol. The molecule has 4 amide bonds. The minimum absolute atomic E-state index is 0.281. The summed E-state index contributed by atoms with van der Waals surface area (Å²) in [6, 6.07) is 9.36. The van der Waals surface area contributed by atoms with Crippen molar-refractivity contribution in [3.05, 3.63) is 70.4 Å². The zero-order valence-corrected chi connectivity index (χ0v) is 17.4. The molecule has 9 heteroatoms. The molecule has 3 aromatic rings. The summed E-state index contributed by atoms with van der Waals surface area (Å²) in [7, 11) is 0. The topological polar surface area (TPSA) is 126 Å². The number of urea groups is 1. The Morgan fingerprint density at radius 3 is 2.29 bits per heavy atom. The second-order valence-electron chi connectivity index (χ2n) is 7.13. The molecule has 1 aliphatic rings. The summed E-state index contributed by atoms with van der Waals surface area (Å²) in [4.78, 5) is 41.9. The molecule has 0 bridgehead atoms. The van der Waals surface area contributed by atoms with Crippen molar-refractivity contribution >= 4 is 45.6 Å². The van der Waals surface area contributed by atoms with Crippen LogP contribution in [0.3, 0.4) is 0 Å². The van der Waals surface area contributed by atoms with Gasteiger partial charge in [-0.25, -0.2) is 4.79 Å². The predicted octanol–water partition coefficient (Wildman–Crippen LogP) is 4.02. The van der Waals surface area contributed by atoms with Crippen LogP contribution in [0.2, 0.25) is 0 Å². The van der Waals surface area contributed by atoms with Crippen LogP contribution >= 0.6 is 11.3 Å². The van der Waals surface area contributed by atoms with E-state index in [9.17, 15) is 14.4 Å². The van der Waals surface area contributed by atoms with Crippen molar-refractivity contribution in [1.82, 2.24) is 4.98 Å². The highest BCUT2D eigenvalue weighted by atomic mass is 32.1. The summed E-state index contributed by atoms with van der Waals surface area (Å²) in [5, 5.41) is 8.81. The Morgan fingerprint density at radius 1 is 0.903 bits per heavy atom. The number of benzene rings is 1. The molecule has 0 unspecified atom stereocenters. The molecule has 2 aromatic heterocycles. The third-order valence-electron chi connectivity index (χ3n) is 4.96. The van der Waals surface area contributed by atoms with E-state index in [-0.39, 0.29) is 11.8 Å². The second kappa shape index (κ2) is 8.97. The number of thiophene rings is 1. The number of primary amides is 1. The van der Waals surface area contributed by atoms with Crippen LogP contribution in [-0.4, -0.2) is 22.8 Å². The molecule has 0 fully saturated rings. The fraction of sp³-hybridized carbons (Fsp3) is 0.182. The van der Waals surface area contributed by atoms with Crippen molar-refractivity contribution in [2.24, 2.45) is 5.73 Å². The van der Waals surface area contributed by atoms with Gasteiger partial charge in [0.25, 0.3) is 11.8 Å². The van der Waals surface area contributed by atoms with Gasteiger partial charge in [-0.2, -0.15) is 0 Å². The zero-order valence-electron chi connectivity index (χ0n) is 16.6. The quantitative estimate of drug-likeness (QED) is 0.483. The number of pyridine rings is 1. The summed E-state index contributed by atoms with van der Waals surface area (Å²) in [5.41, 5.74) is 8.15. The van der Waals surface area contributed by atoms with E-state index < -0.39 is 6.03 Å². The van der Waals surface area contributed by atoms with Gasteiger partial charge in [0.2, 0.25) is 0 Å². The number of carbonyl (C=O) groups excluding carboxylic acids is 3. The van der Waals surface area contributed by atoms with E-state index in [0.717, 1.165) is 36.1 Å². The van der Waals surface area contributed by atoms with Gasteiger partial charge in [0.15, 0.2) is 0 Å². The van der Waals surface area contributed by atoms with Gasteiger partial charge in [-0.05, 0) is 67.6 Å². The number of fused-ring (bicyclic) bond motifs is 1. The molecule has 158 valence electrons. The molecule has 8 nitrogen and oxygen atoms in total. The zero-order chi connectivity index (χ0) is 21.8. The van der Waals surface area contributed by atoms with Gasteiger partial charge in [0.1, 0.15) is 5.00 Å². The number of carbonyl (C=O) groups is 3. The van der Waals surface area contributed by atoms with Crippen LogP contribution in [0, 0.1) is 0 Å². The van der Waals surface area contributed by atoms with E-state index >= 15 is 0 Å². The van der Waals surface area contributed by atoms with E-state index in [0.29, 0.717) is 27.5 Å². The van der Waals surface area contributed by atoms with Crippen LogP contribution in [0.15, 0.2) is 48.8 Å². The number of aromatic nitrogens is 1. The lowest BCUT2D eigenvalue weighted by Gasteiger charge is -2.13. The maximum absolute atomic E-state index is 13.2. The van der Waals surface area contributed by atoms with Crippen molar-refractivity contribution in [2.45, 2.75) is 25.7 Å². The van der Waals surface area contributed by atoms with Gasteiger partial charge in [0, 0.05) is 28.6 Å². The number of amides is 4. The van der Waals surface area contributed by atoms with Crippen LogP contribution in [0.25, 0.3) is 0 Å². The fourth-order valence-electron chi connectivity index (χ4n) is 3.54. The van der Waals surface area contributed by atoms with Gasteiger partial charge in [-0.3, -0.25) is 14.6 Å². The van der Waals surface area contributed by atoms with Crippen molar-refractivity contribution in [3.63, 3.8) is 0 Å². The van der Waals surface area contributed by atoms with Gasteiger partial charge in [0.05, 0.1) is 11.1 Å². The predicted molar refractivity (Wildman–Crippen MR) is 121 cm³/mol. The number of nitrogens with one attached hydrogen (secondary N) is 3. The lowest BCUT2D eigenvalue weighted by atomic mass is 9.95. The molecule has 1 aromatic carbocycles. The van der Waals surface area contributed by atoms with Gasteiger partial charge in [-0.15, -0.1) is 11.3 Å². The van der Waals surface area contributed by atoms with E-state index in [1.165, 1.54) is 17.5 Å². The first-order valence-electron chi connectivity index (χ1n) is 9.85. The Morgan fingerprint density at radius 2 is 1.61 bits per heavy atom. The maximum Gasteiger partial charge on any atom is 0.316 e. The smallest absolute Gasteiger partial charge is 0.316 e. The highest BCUT2D eigenvalue weighted by Gasteiger charge is 2.26. The normalized spacial score (nSPS) is 12.5. The first-order chi connectivity index (χ1) is 15.0. The number of nitrogens with two attached hydrogens (primary N) is 1. The van der Waals surface area contributed by atoms with Gasteiger partial charge in [-0.1, -0.05) is 0 Å². The van der Waals surface area contributed by atoms with Crippen molar-refractivity contribution < 1.29 is 14.4 Å². The Balaban J connectivity index is 1.59. The number of hydrogen-bond acceptors (Lipinski definition) is 5. The fourth-order valence-corrected chi connectivity index (χ4v) is 4.82. The minimum atomic E-state index is -0.657. The molecule has 0 aliphatic heterocycles. The molecule has 0 radical (unpaired) electrons. The monoisotopic (exact) mass is 435 g/mol. The van der Waals surface area contributed by atoms with E-state index in [1.54, 1.807) is 42.6 Å². The van der Waals surface area contributed by atoms with E-state index in [2.05, 4.69) is 20.9 Å². The summed E-state index contributed by atoms with van der Waals surface area (Å²) in [6.45, 7) is 0. The highest BCUT2D eigenvalue weighted by molar-refractivity contribution is 7.17. The molecule has 5 N–H and O–H groups in total. The number of aryl methyl sites for hydroxylation is 1. The van der Waals surface area contributed by atoms with E-state index in [1.807, 2.05) is 0 Å².